The van der Waals surface area contributed by atoms with Crippen molar-refractivity contribution in [1.82, 2.24) is 15.1 Å². The first-order valence-corrected chi connectivity index (χ1v) is 9.55. The molecule has 1 atom stereocenters. The number of H-pyrrole nitrogens is 1. The summed E-state index contributed by atoms with van der Waals surface area (Å²) in [6.07, 6.45) is 2.40. The summed E-state index contributed by atoms with van der Waals surface area (Å²) >= 11 is 6.00. The molecule has 0 bridgehead atoms. The maximum Gasteiger partial charge on any atom is 0.226 e. The van der Waals surface area contributed by atoms with Crippen LogP contribution in [0.1, 0.15) is 37.9 Å². The number of halogens is 1. The Morgan fingerprint density at radius 3 is 2.85 bits per heavy atom. The lowest BCUT2D eigenvalue weighted by Crippen LogP contribution is -2.45. The summed E-state index contributed by atoms with van der Waals surface area (Å²) in [7, 11) is 0. The number of ether oxygens (including phenoxy) is 1. The first-order valence-electron chi connectivity index (χ1n) is 9.18. The standard InChI is InChI=1S/C20H24ClN3O2/c1-20(2)11-14(8-10-26-20)19(25)24-9-7-17-16(12-24)18(23-22-17)13-3-5-15(21)6-4-13/h3-6,14H,7-12H2,1-2H3,(H,22,23). The van der Waals surface area contributed by atoms with Gasteiger partial charge < -0.3 is 9.64 Å². The van der Waals surface area contributed by atoms with Crippen LogP contribution >= 0.6 is 11.6 Å². The van der Waals surface area contributed by atoms with Crippen molar-refractivity contribution in [2.24, 2.45) is 5.92 Å². The van der Waals surface area contributed by atoms with Crippen molar-refractivity contribution >= 4 is 17.5 Å². The van der Waals surface area contributed by atoms with Gasteiger partial charge in [0.05, 0.1) is 11.3 Å². The Labute approximate surface area is 158 Å². The fourth-order valence-corrected chi connectivity index (χ4v) is 4.16. The van der Waals surface area contributed by atoms with Crippen LogP contribution in [0.25, 0.3) is 11.3 Å². The zero-order valence-electron chi connectivity index (χ0n) is 15.2. The maximum absolute atomic E-state index is 13.1. The second-order valence-electron chi connectivity index (χ2n) is 7.84. The molecule has 26 heavy (non-hydrogen) atoms. The number of rotatable bonds is 2. The van der Waals surface area contributed by atoms with Crippen molar-refractivity contribution in [2.45, 2.75) is 45.3 Å². The second-order valence-corrected chi connectivity index (χ2v) is 8.28. The molecule has 0 spiro atoms. The largest absolute Gasteiger partial charge is 0.376 e. The molecule has 2 aliphatic heterocycles. The summed E-state index contributed by atoms with van der Waals surface area (Å²) in [5.74, 6) is 0.293. The molecule has 1 N–H and O–H groups in total. The average molecular weight is 374 g/mol. The van der Waals surface area contributed by atoms with Crippen LogP contribution in [0.3, 0.4) is 0 Å². The fraction of sp³-hybridized carbons (Fsp3) is 0.500. The van der Waals surface area contributed by atoms with Crippen LogP contribution < -0.4 is 0 Å². The van der Waals surface area contributed by atoms with E-state index in [-0.39, 0.29) is 17.4 Å². The number of nitrogens with zero attached hydrogens (tertiary/aromatic N) is 2. The molecule has 138 valence electrons. The van der Waals surface area contributed by atoms with Crippen LogP contribution in [-0.4, -0.2) is 39.8 Å². The molecule has 0 saturated carbocycles. The van der Waals surface area contributed by atoms with Crippen molar-refractivity contribution in [2.75, 3.05) is 13.2 Å². The van der Waals surface area contributed by atoms with Gasteiger partial charge in [-0.15, -0.1) is 0 Å². The third kappa shape index (κ3) is 3.38. The van der Waals surface area contributed by atoms with E-state index in [1.165, 1.54) is 0 Å². The Morgan fingerprint density at radius 2 is 2.12 bits per heavy atom. The van der Waals surface area contributed by atoms with Crippen molar-refractivity contribution < 1.29 is 9.53 Å². The molecule has 1 saturated heterocycles. The highest BCUT2D eigenvalue weighted by Gasteiger charge is 2.36. The van der Waals surface area contributed by atoms with Gasteiger partial charge in [-0.1, -0.05) is 23.7 Å². The third-order valence-electron chi connectivity index (χ3n) is 5.41. The fourth-order valence-electron chi connectivity index (χ4n) is 4.03. The van der Waals surface area contributed by atoms with E-state index in [1.54, 1.807) is 0 Å². The van der Waals surface area contributed by atoms with Gasteiger partial charge in [-0.2, -0.15) is 5.10 Å². The predicted molar refractivity (Wildman–Crippen MR) is 101 cm³/mol. The summed E-state index contributed by atoms with van der Waals surface area (Å²) in [6.45, 7) is 6.14. The molecule has 1 unspecified atom stereocenters. The number of carbonyl (C=O) groups is 1. The van der Waals surface area contributed by atoms with Gasteiger partial charge in [-0.3, -0.25) is 9.89 Å². The van der Waals surface area contributed by atoms with Crippen LogP contribution in [0.5, 0.6) is 0 Å². The molecule has 1 amide bonds. The van der Waals surface area contributed by atoms with Gasteiger partial charge in [0.2, 0.25) is 5.91 Å². The van der Waals surface area contributed by atoms with E-state index in [1.807, 2.05) is 29.2 Å². The van der Waals surface area contributed by atoms with Crippen molar-refractivity contribution in [3.63, 3.8) is 0 Å². The molecule has 3 heterocycles. The smallest absolute Gasteiger partial charge is 0.226 e. The Hall–Kier alpha value is -1.85. The van der Waals surface area contributed by atoms with Crippen LogP contribution in [0.2, 0.25) is 5.02 Å². The average Bonchev–Trinajstić information content (AvgIpc) is 3.04. The number of hydrogen-bond donors (Lipinski definition) is 1. The number of aromatic amines is 1. The van der Waals surface area contributed by atoms with Gasteiger partial charge >= 0.3 is 0 Å². The Morgan fingerprint density at radius 1 is 1.35 bits per heavy atom. The summed E-state index contributed by atoms with van der Waals surface area (Å²) in [5, 5.41) is 8.36. The number of benzene rings is 1. The highest BCUT2D eigenvalue weighted by molar-refractivity contribution is 6.30. The third-order valence-corrected chi connectivity index (χ3v) is 5.66. The van der Waals surface area contributed by atoms with Crippen LogP contribution in [0.15, 0.2) is 24.3 Å². The predicted octanol–water partition coefficient (Wildman–Crippen LogP) is 3.82. The van der Waals surface area contributed by atoms with Gasteiger partial charge in [0.1, 0.15) is 0 Å². The Kier molecular flexibility index (Phi) is 4.53. The Bertz CT molecular complexity index is 813. The van der Waals surface area contributed by atoms with Crippen LogP contribution in [0, 0.1) is 5.92 Å². The summed E-state index contributed by atoms with van der Waals surface area (Å²) in [4.78, 5) is 15.1. The molecule has 0 aliphatic carbocycles. The van der Waals surface area contributed by atoms with E-state index in [0.717, 1.165) is 48.3 Å². The van der Waals surface area contributed by atoms with E-state index in [0.29, 0.717) is 18.2 Å². The van der Waals surface area contributed by atoms with Gasteiger partial charge in [0, 0.05) is 53.9 Å². The van der Waals surface area contributed by atoms with Gasteiger partial charge in [-0.05, 0) is 38.8 Å². The molecule has 6 heteroatoms. The highest BCUT2D eigenvalue weighted by atomic mass is 35.5. The molecule has 1 fully saturated rings. The van der Waals surface area contributed by atoms with E-state index < -0.39 is 0 Å². The first-order chi connectivity index (χ1) is 12.4. The molecule has 5 nitrogen and oxygen atoms in total. The first kappa shape index (κ1) is 17.6. The minimum absolute atomic E-state index is 0.0474. The van der Waals surface area contributed by atoms with E-state index >= 15 is 0 Å². The van der Waals surface area contributed by atoms with Gasteiger partial charge in [-0.25, -0.2) is 0 Å². The number of fused-ring (bicyclic) bond motifs is 1. The SMILES string of the molecule is CC1(C)CC(C(=O)N2CCc3[nH]nc(-c4ccc(Cl)cc4)c3C2)CCO1. The normalized spacial score (nSPS) is 22.1. The minimum atomic E-state index is -0.219. The lowest BCUT2D eigenvalue weighted by molar-refractivity contribution is -0.146. The summed E-state index contributed by atoms with van der Waals surface area (Å²) < 4.78 is 5.77. The summed E-state index contributed by atoms with van der Waals surface area (Å²) in [5.41, 5.74) is 3.98. The van der Waals surface area contributed by atoms with Crippen molar-refractivity contribution in [1.29, 1.82) is 0 Å². The van der Waals surface area contributed by atoms with Crippen molar-refractivity contribution in [3.05, 3.63) is 40.5 Å². The number of carbonyl (C=O) groups excluding carboxylic acids is 1. The van der Waals surface area contributed by atoms with E-state index in [2.05, 4.69) is 24.0 Å². The molecular weight excluding hydrogens is 350 g/mol. The number of nitrogens with one attached hydrogen (secondary N) is 1. The molecule has 1 aromatic carbocycles. The summed E-state index contributed by atoms with van der Waals surface area (Å²) in [6, 6.07) is 7.68. The lowest BCUT2D eigenvalue weighted by Gasteiger charge is -2.38. The van der Waals surface area contributed by atoms with Crippen molar-refractivity contribution in [3.8, 4) is 11.3 Å². The zero-order chi connectivity index (χ0) is 18.3. The molecule has 2 aliphatic rings. The Balaban J connectivity index is 1.55. The second kappa shape index (κ2) is 6.71. The maximum atomic E-state index is 13.1. The highest BCUT2D eigenvalue weighted by Crippen LogP contribution is 2.33. The molecule has 4 rings (SSSR count). The van der Waals surface area contributed by atoms with Gasteiger partial charge in [0.15, 0.2) is 0 Å². The zero-order valence-corrected chi connectivity index (χ0v) is 16.0. The quantitative estimate of drug-likeness (QED) is 0.870. The monoisotopic (exact) mass is 373 g/mol. The van der Waals surface area contributed by atoms with Gasteiger partial charge in [0.25, 0.3) is 0 Å². The topological polar surface area (TPSA) is 58.2 Å². The van der Waals surface area contributed by atoms with Crippen LogP contribution in [-0.2, 0) is 22.5 Å². The van der Waals surface area contributed by atoms with Crippen LogP contribution in [0.4, 0.5) is 0 Å². The molecule has 1 aromatic heterocycles. The number of hydrogen-bond acceptors (Lipinski definition) is 3. The molecular formula is C20H24ClN3O2. The van der Waals surface area contributed by atoms with E-state index in [4.69, 9.17) is 16.3 Å². The number of amides is 1. The van der Waals surface area contributed by atoms with E-state index in [9.17, 15) is 4.79 Å². The lowest BCUT2D eigenvalue weighted by atomic mass is 9.87. The number of aromatic nitrogens is 2. The molecule has 2 aromatic rings. The minimum Gasteiger partial charge on any atom is -0.376 e. The molecule has 0 radical (unpaired) electrons.